The van der Waals surface area contributed by atoms with E-state index in [2.05, 4.69) is 15.3 Å². The third-order valence-corrected chi connectivity index (χ3v) is 3.43. The third-order valence-electron chi connectivity index (χ3n) is 3.43. The number of para-hydroxylation sites is 1. The van der Waals surface area contributed by atoms with Gasteiger partial charge in [-0.05, 0) is 19.1 Å². The summed E-state index contributed by atoms with van der Waals surface area (Å²) in [7, 11) is 0. The summed E-state index contributed by atoms with van der Waals surface area (Å²) >= 11 is 0. The zero-order chi connectivity index (χ0) is 14.2. The van der Waals surface area contributed by atoms with Gasteiger partial charge in [0.2, 0.25) is 0 Å². The van der Waals surface area contributed by atoms with Gasteiger partial charge in [-0.25, -0.2) is 0 Å². The van der Waals surface area contributed by atoms with Crippen LogP contribution in [-0.4, -0.2) is 24.4 Å². The molecule has 0 aliphatic carbocycles. The van der Waals surface area contributed by atoms with E-state index in [9.17, 15) is 0 Å². The van der Waals surface area contributed by atoms with Crippen molar-refractivity contribution >= 4 is 5.78 Å². The summed E-state index contributed by atoms with van der Waals surface area (Å²) in [5.41, 5.74) is 2.07. The van der Waals surface area contributed by atoms with Crippen LogP contribution in [0.2, 0.25) is 0 Å². The van der Waals surface area contributed by atoms with Gasteiger partial charge in [0.05, 0.1) is 5.69 Å². The lowest BCUT2D eigenvalue weighted by Crippen LogP contribution is -1.98. The molecule has 0 amide bonds. The SMILES string of the molecule is Cc1nnc2n(-c3ccccc3)c(-c3ccccc3)nn12. The molecule has 0 saturated carbocycles. The molecule has 0 spiro atoms. The summed E-state index contributed by atoms with van der Waals surface area (Å²) in [6.07, 6.45) is 0. The number of nitrogens with zero attached hydrogens (tertiary/aromatic N) is 5. The first kappa shape index (κ1) is 11.8. The van der Waals surface area contributed by atoms with Crippen molar-refractivity contribution < 1.29 is 0 Å². The lowest BCUT2D eigenvalue weighted by Gasteiger charge is -2.06. The first-order chi connectivity index (χ1) is 10.3. The molecule has 5 heteroatoms. The molecule has 0 atom stereocenters. The topological polar surface area (TPSA) is 48.0 Å². The Morgan fingerprint density at radius 3 is 2.19 bits per heavy atom. The molecular formula is C16H13N5. The van der Waals surface area contributed by atoms with Gasteiger partial charge in [0.15, 0.2) is 11.6 Å². The number of rotatable bonds is 2. The second-order valence-corrected chi connectivity index (χ2v) is 4.82. The average Bonchev–Trinajstić information content (AvgIpc) is 3.09. The van der Waals surface area contributed by atoms with Crippen LogP contribution in [0.3, 0.4) is 0 Å². The highest BCUT2D eigenvalue weighted by Gasteiger charge is 2.17. The molecule has 21 heavy (non-hydrogen) atoms. The summed E-state index contributed by atoms with van der Waals surface area (Å²) in [6, 6.07) is 20.2. The van der Waals surface area contributed by atoms with Gasteiger partial charge in [-0.2, -0.15) is 4.52 Å². The fourth-order valence-electron chi connectivity index (χ4n) is 2.43. The van der Waals surface area contributed by atoms with E-state index < -0.39 is 0 Å². The number of hydrogen-bond donors (Lipinski definition) is 0. The summed E-state index contributed by atoms with van der Waals surface area (Å²) in [6.45, 7) is 1.90. The van der Waals surface area contributed by atoms with Crippen molar-refractivity contribution in [2.75, 3.05) is 0 Å². The molecule has 102 valence electrons. The van der Waals surface area contributed by atoms with Gasteiger partial charge in [-0.1, -0.05) is 48.5 Å². The minimum absolute atomic E-state index is 0.720. The summed E-state index contributed by atoms with van der Waals surface area (Å²) in [5, 5.41) is 13.0. The maximum absolute atomic E-state index is 4.67. The fraction of sp³-hybridized carbons (Fsp3) is 0.0625. The van der Waals surface area contributed by atoms with E-state index in [4.69, 9.17) is 0 Å². The van der Waals surface area contributed by atoms with Crippen LogP contribution in [-0.2, 0) is 0 Å². The Morgan fingerprint density at radius 2 is 1.48 bits per heavy atom. The molecule has 2 heterocycles. The molecule has 0 saturated heterocycles. The molecular weight excluding hydrogens is 262 g/mol. The molecule has 0 aliphatic heterocycles. The Morgan fingerprint density at radius 1 is 0.810 bits per heavy atom. The van der Waals surface area contributed by atoms with Gasteiger partial charge in [0, 0.05) is 5.56 Å². The maximum atomic E-state index is 4.67. The van der Waals surface area contributed by atoms with Crippen LogP contribution in [0, 0.1) is 6.92 Å². The standard InChI is InChI=1S/C16H13N5/c1-12-17-18-16-20(14-10-6-3-7-11-14)15(19-21(12)16)13-8-4-2-5-9-13/h2-11H,1H3. The van der Waals surface area contributed by atoms with Crippen molar-refractivity contribution in [2.45, 2.75) is 6.92 Å². The van der Waals surface area contributed by atoms with Crippen molar-refractivity contribution in [3.05, 3.63) is 66.5 Å². The van der Waals surface area contributed by atoms with Gasteiger partial charge < -0.3 is 0 Å². The zero-order valence-corrected chi connectivity index (χ0v) is 11.5. The van der Waals surface area contributed by atoms with Crippen LogP contribution in [0.5, 0.6) is 0 Å². The predicted octanol–water partition coefficient (Wildman–Crippen LogP) is 2.89. The van der Waals surface area contributed by atoms with Gasteiger partial charge in [-0.3, -0.25) is 4.57 Å². The lowest BCUT2D eigenvalue weighted by atomic mass is 10.2. The Kier molecular flexibility index (Phi) is 2.57. The number of fused-ring (bicyclic) bond motifs is 1. The van der Waals surface area contributed by atoms with Crippen molar-refractivity contribution in [1.82, 2.24) is 24.4 Å². The second kappa shape index (κ2) is 4.56. The van der Waals surface area contributed by atoms with E-state index >= 15 is 0 Å². The van der Waals surface area contributed by atoms with Crippen LogP contribution < -0.4 is 0 Å². The number of hydrogen-bond acceptors (Lipinski definition) is 3. The summed E-state index contributed by atoms with van der Waals surface area (Å²) < 4.78 is 3.80. The number of benzene rings is 2. The molecule has 0 radical (unpaired) electrons. The Bertz CT molecular complexity index is 890. The van der Waals surface area contributed by atoms with Crippen LogP contribution in [0.15, 0.2) is 60.7 Å². The Balaban J connectivity index is 2.07. The average molecular weight is 275 g/mol. The number of aryl methyl sites for hydroxylation is 1. The third kappa shape index (κ3) is 1.82. The highest BCUT2D eigenvalue weighted by Crippen LogP contribution is 2.24. The van der Waals surface area contributed by atoms with E-state index in [-0.39, 0.29) is 0 Å². The Hall–Kier alpha value is -2.95. The quantitative estimate of drug-likeness (QED) is 0.565. The molecule has 2 aromatic heterocycles. The first-order valence-corrected chi connectivity index (χ1v) is 6.76. The summed E-state index contributed by atoms with van der Waals surface area (Å²) in [4.78, 5) is 0. The van der Waals surface area contributed by atoms with Gasteiger partial charge >= 0.3 is 0 Å². The van der Waals surface area contributed by atoms with E-state index in [0.717, 1.165) is 28.7 Å². The lowest BCUT2D eigenvalue weighted by molar-refractivity contribution is 0.895. The van der Waals surface area contributed by atoms with Crippen molar-refractivity contribution in [3.8, 4) is 17.1 Å². The largest absolute Gasteiger partial charge is 0.260 e. The van der Waals surface area contributed by atoms with E-state index in [1.807, 2.05) is 72.2 Å². The molecule has 4 rings (SSSR count). The molecule has 4 aromatic rings. The summed E-state index contributed by atoms with van der Waals surface area (Å²) in [5.74, 6) is 2.35. The van der Waals surface area contributed by atoms with Crippen molar-refractivity contribution in [3.63, 3.8) is 0 Å². The smallest absolute Gasteiger partial charge is 0.258 e. The molecule has 0 unspecified atom stereocenters. The van der Waals surface area contributed by atoms with E-state index in [1.165, 1.54) is 0 Å². The van der Waals surface area contributed by atoms with Crippen LogP contribution in [0.4, 0.5) is 0 Å². The maximum Gasteiger partial charge on any atom is 0.258 e. The van der Waals surface area contributed by atoms with Gasteiger partial charge in [0.25, 0.3) is 5.78 Å². The highest BCUT2D eigenvalue weighted by atomic mass is 15.5. The molecule has 2 aromatic carbocycles. The second-order valence-electron chi connectivity index (χ2n) is 4.82. The van der Waals surface area contributed by atoms with Crippen molar-refractivity contribution in [1.29, 1.82) is 0 Å². The monoisotopic (exact) mass is 275 g/mol. The van der Waals surface area contributed by atoms with E-state index in [0.29, 0.717) is 0 Å². The molecule has 0 N–H and O–H groups in total. The normalized spacial score (nSPS) is 11.1. The minimum atomic E-state index is 0.720. The number of aromatic nitrogens is 5. The van der Waals surface area contributed by atoms with Crippen LogP contribution in [0.25, 0.3) is 22.9 Å². The molecule has 0 fully saturated rings. The first-order valence-electron chi connectivity index (χ1n) is 6.76. The van der Waals surface area contributed by atoms with Crippen molar-refractivity contribution in [2.24, 2.45) is 0 Å². The van der Waals surface area contributed by atoms with Crippen LogP contribution >= 0.6 is 0 Å². The highest BCUT2D eigenvalue weighted by molar-refractivity contribution is 5.62. The minimum Gasteiger partial charge on any atom is -0.260 e. The fourth-order valence-corrected chi connectivity index (χ4v) is 2.43. The van der Waals surface area contributed by atoms with Gasteiger partial charge in [-0.15, -0.1) is 15.3 Å². The van der Waals surface area contributed by atoms with Crippen LogP contribution in [0.1, 0.15) is 5.82 Å². The molecule has 0 bridgehead atoms. The van der Waals surface area contributed by atoms with Gasteiger partial charge in [0.1, 0.15) is 0 Å². The Labute approximate surface area is 121 Å². The predicted molar refractivity (Wildman–Crippen MR) is 80.3 cm³/mol. The molecule has 5 nitrogen and oxygen atoms in total. The molecule has 0 aliphatic rings. The van der Waals surface area contributed by atoms with E-state index in [1.54, 1.807) is 4.52 Å². The zero-order valence-electron chi connectivity index (χ0n) is 11.5.